The summed E-state index contributed by atoms with van der Waals surface area (Å²) in [7, 11) is 1.64. The van der Waals surface area contributed by atoms with E-state index in [-0.39, 0.29) is 0 Å². The van der Waals surface area contributed by atoms with E-state index in [1.165, 1.54) is 6.33 Å². The van der Waals surface area contributed by atoms with Crippen LogP contribution in [0.25, 0.3) is 28.2 Å². The molecule has 5 aromatic rings. The van der Waals surface area contributed by atoms with Crippen LogP contribution in [0.2, 0.25) is 0 Å². The molecule has 4 aromatic heterocycles. The molecule has 4 heterocycles. The maximum Gasteiger partial charge on any atom is 0.221 e. The van der Waals surface area contributed by atoms with Crippen molar-refractivity contribution in [2.45, 2.75) is 6.54 Å². The highest BCUT2D eigenvalue weighted by molar-refractivity contribution is 5.70. The zero-order valence-corrected chi connectivity index (χ0v) is 14.4. The highest BCUT2D eigenvalue weighted by Crippen LogP contribution is 2.21. The Morgan fingerprint density at radius 2 is 1.93 bits per heavy atom. The lowest BCUT2D eigenvalue weighted by Crippen LogP contribution is -2.04. The molecule has 0 saturated carbocycles. The van der Waals surface area contributed by atoms with E-state index in [0.29, 0.717) is 17.8 Å². The first kappa shape index (κ1) is 15.4. The number of hydrogen-bond acceptors (Lipinski definition) is 7. The molecular formula is C18H14N8O. The van der Waals surface area contributed by atoms with Gasteiger partial charge in [0, 0.05) is 11.8 Å². The molecule has 0 spiro atoms. The van der Waals surface area contributed by atoms with E-state index in [0.717, 1.165) is 28.2 Å². The van der Waals surface area contributed by atoms with E-state index in [1.807, 2.05) is 42.6 Å². The Labute approximate surface area is 153 Å². The van der Waals surface area contributed by atoms with Crippen LogP contribution < -0.4 is 4.74 Å². The number of fused-ring (bicyclic) bond motifs is 2. The number of aromatic nitrogens is 8. The van der Waals surface area contributed by atoms with Gasteiger partial charge in [0.2, 0.25) is 5.65 Å². The lowest BCUT2D eigenvalue weighted by atomic mass is 10.1. The first-order valence-corrected chi connectivity index (χ1v) is 8.29. The van der Waals surface area contributed by atoms with Crippen molar-refractivity contribution in [3.05, 3.63) is 60.7 Å². The lowest BCUT2D eigenvalue weighted by Gasteiger charge is -2.05. The topological polar surface area (TPSA) is 95.9 Å². The fraction of sp³-hybridized carbons (Fsp3) is 0.111. The third-order valence-electron chi connectivity index (χ3n) is 4.28. The van der Waals surface area contributed by atoms with Crippen molar-refractivity contribution >= 4 is 16.9 Å². The first-order valence-electron chi connectivity index (χ1n) is 8.29. The summed E-state index contributed by atoms with van der Waals surface area (Å²) in [6.45, 7) is 0.507. The van der Waals surface area contributed by atoms with Crippen molar-refractivity contribution in [2.24, 2.45) is 0 Å². The average Bonchev–Trinajstić information content (AvgIpc) is 3.34. The molecule has 5 rings (SSSR count). The quantitative estimate of drug-likeness (QED) is 0.485. The van der Waals surface area contributed by atoms with Crippen LogP contribution in [0.1, 0.15) is 5.56 Å². The lowest BCUT2D eigenvalue weighted by molar-refractivity contribution is 0.415. The highest BCUT2D eigenvalue weighted by Gasteiger charge is 2.11. The minimum atomic E-state index is 0.507. The molecule has 0 unspecified atom stereocenters. The van der Waals surface area contributed by atoms with Crippen LogP contribution in [0.15, 0.2) is 55.1 Å². The van der Waals surface area contributed by atoms with E-state index in [9.17, 15) is 0 Å². The van der Waals surface area contributed by atoms with E-state index in [1.54, 1.807) is 22.5 Å². The molecule has 0 aliphatic rings. The molecule has 27 heavy (non-hydrogen) atoms. The minimum Gasteiger partial charge on any atom is -0.497 e. The summed E-state index contributed by atoms with van der Waals surface area (Å²) in [4.78, 5) is 13.2. The highest BCUT2D eigenvalue weighted by atomic mass is 16.5. The van der Waals surface area contributed by atoms with Crippen molar-refractivity contribution in [3.8, 4) is 17.0 Å². The summed E-state index contributed by atoms with van der Waals surface area (Å²) in [5, 5.41) is 12.5. The summed E-state index contributed by atoms with van der Waals surface area (Å²) >= 11 is 0. The van der Waals surface area contributed by atoms with Crippen molar-refractivity contribution < 1.29 is 4.74 Å². The van der Waals surface area contributed by atoms with Gasteiger partial charge in [0.1, 0.15) is 12.1 Å². The maximum atomic E-state index is 5.20. The molecule has 0 bridgehead atoms. The van der Waals surface area contributed by atoms with Gasteiger partial charge in [0.05, 0.1) is 25.5 Å². The summed E-state index contributed by atoms with van der Waals surface area (Å²) in [5.74, 6) is 0.794. The van der Waals surface area contributed by atoms with E-state index >= 15 is 0 Å². The largest absolute Gasteiger partial charge is 0.497 e. The number of nitrogens with zero attached hydrogens (tertiary/aromatic N) is 8. The predicted octanol–water partition coefficient (Wildman–Crippen LogP) is 1.99. The first-order chi connectivity index (χ1) is 13.3. The fourth-order valence-electron chi connectivity index (χ4n) is 2.89. The molecule has 9 heteroatoms. The van der Waals surface area contributed by atoms with Gasteiger partial charge < -0.3 is 4.74 Å². The van der Waals surface area contributed by atoms with Crippen molar-refractivity contribution in [2.75, 3.05) is 7.11 Å². The number of methoxy groups -OCH3 is 1. The molecule has 0 saturated heterocycles. The van der Waals surface area contributed by atoms with Gasteiger partial charge in [-0.3, -0.25) is 0 Å². The molecule has 132 valence electrons. The van der Waals surface area contributed by atoms with Gasteiger partial charge in [-0.1, -0.05) is 11.3 Å². The molecule has 0 fully saturated rings. The molecule has 0 aliphatic heterocycles. The van der Waals surface area contributed by atoms with Gasteiger partial charge >= 0.3 is 0 Å². The summed E-state index contributed by atoms with van der Waals surface area (Å²) in [6, 6.07) is 11.6. The Balaban J connectivity index is 1.52. The Morgan fingerprint density at radius 3 is 2.78 bits per heavy atom. The van der Waals surface area contributed by atoms with Crippen LogP contribution in [-0.4, -0.2) is 46.7 Å². The fourth-order valence-corrected chi connectivity index (χ4v) is 2.89. The number of benzene rings is 1. The Hall–Kier alpha value is -3.88. The van der Waals surface area contributed by atoms with Crippen molar-refractivity contribution in [1.29, 1.82) is 0 Å². The Kier molecular flexibility index (Phi) is 3.49. The van der Waals surface area contributed by atoms with Gasteiger partial charge in [0.25, 0.3) is 0 Å². The summed E-state index contributed by atoms with van der Waals surface area (Å²) < 4.78 is 8.66. The van der Waals surface area contributed by atoms with E-state index in [4.69, 9.17) is 9.72 Å². The normalized spacial score (nSPS) is 11.3. The van der Waals surface area contributed by atoms with Crippen LogP contribution in [0.3, 0.4) is 0 Å². The average molecular weight is 358 g/mol. The number of ether oxygens (including phenoxy) is 1. The summed E-state index contributed by atoms with van der Waals surface area (Å²) in [5.41, 5.74) is 4.64. The number of hydrogen-bond donors (Lipinski definition) is 0. The number of pyridine rings is 1. The molecule has 9 nitrogen and oxygen atoms in total. The predicted molar refractivity (Wildman–Crippen MR) is 97.2 cm³/mol. The van der Waals surface area contributed by atoms with Gasteiger partial charge in [-0.2, -0.15) is 5.10 Å². The van der Waals surface area contributed by atoms with Gasteiger partial charge in [-0.15, -0.1) is 5.10 Å². The summed E-state index contributed by atoms with van der Waals surface area (Å²) in [6.07, 6.45) is 5.14. The second-order valence-corrected chi connectivity index (χ2v) is 5.98. The Bertz CT molecular complexity index is 1240. The third kappa shape index (κ3) is 2.74. The number of rotatable bonds is 4. The van der Waals surface area contributed by atoms with E-state index < -0.39 is 0 Å². The van der Waals surface area contributed by atoms with Gasteiger partial charge in [-0.05, 0) is 35.9 Å². The third-order valence-corrected chi connectivity index (χ3v) is 4.28. The molecule has 1 aromatic carbocycles. The molecule has 0 radical (unpaired) electrons. The van der Waals surface area contributed by atoms with Gasteiger partial charge in [-0.25, -0.2) is 24.1 Å². The monoisotopic (exact) mass is 358 g/mol. The van der Waals surface area contributed by atoms with Crippen LogP contribution in [-0.2, 0) is 6.54 Å². The Morgan fingerprint density at radius 1 is 1.04 bits per heavy atom. The van der Waals surface area contributed by atoms with Crippen LogP contribution in [0.4, 0.5) is 0 Å². The van der Waals surface area contributed by atoms with Crippen molar-refractivity contribution in [3.63, 3.8) is 0 Å². The second-order valence-electron chi connectivity index (χ2n) is 5.98. The van der Waals surface area contributed by atoms with Gasteiger partial charge in [0.15, 0.2) is 11.3 Å². The molecule has 0 amide bonds. The standard InChI is InChI=1S/C18H14N8O/c1-27-14-5-3-13(4-6-14)15-8-19-17-18(22-15)26(24-23-17)10-12-2-7-16-20-11-21-25(16)9-12/h2-9,11H,10H2,1H3. The molecule has 0 aliphatic carbocycles. The zero-order valence-electron chi connectivity index (χ0n) is 14.4. The second kappa shape index (κ2) is 6.13. The zero-order chi connectivity index (χ0) is 18.2. The van der Waals surface area contributed by atoms with Crippen LogP contribution >= 0.6 is 0 Å². The SMILES string of the molecule is COc1ccc(-c2cnc3nnn(Cc4ccc5ncnn5c4)c3n2)cc1. The minimum absolute atomic E-state index is 0.507. The van der Waals surface area contributed by atoms with Crippen LogP contribution in [0, 0.1) is 0 Å². The van der Waals surface area contributed by atoms with Crippen molar-refractivity contribution in [1.82, 2.24) is 39.6 Å². The molecular weight excluding hydrogens is 344 g/mol. The van der Waals surface area contributed by atoms with Crippen LogP contribution in [0.5, 0.6) is 5.75 Å². The smallest absolute Gasteiger partial charge is 0.221 e. The maximum absolute atomic E-state index is 5.20. The van der Waals surface area contributed by atoms with E-state index in [2.05, 4.69) is 25.4 Å². The molecule has 0 N–H and O–H groups in total. The molecule has 0 atom stereocenters.